The molecule has 1 aliphatic rings. The van der Waals surface area contributed by atoms with E-state index < -0.39 is 0 Å². The molecule has 1 aliphatic heterocycles. The fourth-order valence-corrected chi connectivity index (χ4v) is 2.67. The molecule has 6 nitrogen and oxygen atoms in total. The third kappa shape index (κ3) is 4.39. The average molecular weight is 379 g/mol. The van der Waals surface area contributed by atoms with Crippen molar-refractivity contribution in [3.05, 3.63) is 109 Å². The molecule has 0 spiro atoms. The molecule has 0 saturated carbocycles. The largest absolute Gasteiger partial charge is 0.368 e. The van der Waals surface area contributed by atoms with Gasteiger partial charge in [0.2, 0.25) is 11.6 Å². The van der Waals surface area contributed by atoms with E-state index in [-0.39, 0.29) is 17.4 Å². The van der Waals surface area contributed by atoms with Crippen LogP contribution in [0, 0.1) is 0 Å². The van der Waals surface area contributed by atoms with Gasteiger partial charge in [-0.2, -0.15) is 0 Å². The Labute approximate surface area is 167 Å². The minimum Gasteiger partial charge on any atom is -0.368 e. The van der Waals surface area contributed by atoms with E-state index in [1.807, 2.05) is 85.2 Å². The van der Waals surface area contributed by atoms with Crippen LogP contribution in [0.4, 0.5) is 0 Å². The van der Waals surface area contributed by atoms with Gasteiger partial charge in [-0.25, -0.2) is 19.9 Å². The standard InChI is InChI=1S/C17H10N4O.C6H7N/c22-15(16-18-9-11-5-1-3-7-13(11)20-16)17-19-10-12-6-2-4-8-14(12)21-17;1-2-4-6-7-5-3-1/h1-10H;1-7H. The SMILES string of the molecule is C1=CC=CNC=C1.O=C(c1ncc2ccccc2n1)c1ncc2ccccc2n1. The van der Waals surface area contributed by atoms with E-state index in [0.29, 0.717) is 0 Å². The van der Waals surface area contributed by atoms with Crippen LogP contribution in [-0.4, -0.2) is 25.7 Å². The van der Waals surface area contributed by atoms with Crippen LogP contribution in [0.5, 0.6) is 0 Å². The minimum atomic E-state index is -0.378. The van der Waals surface area contributed by atoms with Gasteiger partial charge in [-0.1, -0.05) is 48.6 Å². The quantitative estimate of drug-likeness (QED) is 0.531. The number of ketones is 1. The van der Waals surface area contributed by atoms with Crippen LogP contribution >= 0.6 is 0 Å². The number of benzene rings is 2. The first kappa shape index (κ1) is 18.2. The van der Waals surface area contributed by atoms with E-state index in [1.54, 1.807) is 12.4 Å². The Kier molecular flexibility index (Phi) is 5.43. The van der Waals surface area contributed by atoms with Crippen LogP contribution in [0.25, 0.3) is 21.8 Å². The van der Waals surface area contributed by atoms with Gasteiger partial charge in [0.15, 0.2) is 0 Å². The van der Waals surface area contributed by atoms with Crippen LogP contribution in [0.1, 0.15) is 16.4 Å². The molecule has 29 heavy (non-hydrogen) atoms. The third-order valence-electron chi connectivity index (χ3n) is 4.10. The Morgan fingerprint density at radius 3 is 1.66 bits per heavy atom. The molecule has 0 saturated heterocycles. The Balaban J connectivity index is 0.000000249. The molecule has 0 aliphatic carbocycles. The van der Waals surface area contributed by atoms with Crippen molar-refractivity contribution in [2.45, 2.75) is 0 Å². The fraction of sp³-hybridized carbons (Fsp3) is 0. The Morgan fingerprint density at radius 2 is 1.14 bits per heavy atom. The molecule has 0 radical (unpaired) electrons. The van der Waals surface area contributed by atoms with Gasteiger partial charge in [0.05, 0.1) is 11.0 Å². The average Bonchev–Trinajstić information content (AvgIpc) is 3.11. The highest BCUT2D eigenvalue weighted by Crippen LogP contribution is 2.13. The number of fused-ring (bicyclic) bond motifs is 2. The van der Waals surface area contributed by atoms with E-state index in [2.05, 4.69) is 25.3 Å². The molecule has 0 amide bonds. The summed E-state index contributed by atoms with van der Waals surface area (Å²) in [5, 5.41) is 4.70. The molecule has 5 rings (SSSR count). The topological polar surface area (TPSA) is 80.7 Å². The summed E-state index contributed by atoms with van der Waals surface area (Å²) >= 11 is 0. The summed E-state index contributed by atoms with van der Waals surface area (Å²) < 4.78 is 0. The molecular formula is C23H17N5O. The van der Waals surface area contributed by atoms with Crippen LogP contribution in [0.2, 0.25) is 0 Å². The molecular weight excluding hydrogens is 362 g/mol. The summed E-state index contributed by atoms with van der Waals surface area (Å²) in [6.45, 7) is 0. The summed E-state index contributed by atoms with van der Waals surface area (Å²) in [6.07, 6.45) is 14.8. The van der Waals surface area contributed by atoms with E-state index in [9.17, 15) is 4.79 Å². The van der Waals surface area contributed by atoms with E-state index in [1.165, 1.54) is 0 Å². The van der Waals surface area contributed by atoms with Crippen molar-refractivity contribution in [2.75, 3.05) is 0 Å². The van der Waals surface area contributed by atoms with Gasteiger partial charge in [-0.3, -0.25) is 4.79 Å². The third-order valence-corrected chi connectivity index (χ3v) is 4.10. The van der Waals surface area contributed by atoms with E-state index in [4.69, 9.17) is 0 Å². The van der Waals surface area contributed by atoms with Gasteiger partial charge in [0.25, 0.3) is 5.78 Å². The number of nitrogens with zero attached hydrogens (tertiary/aromatic N) is 4. The molecule has 0 bridgehead atoms. The normalized spacial score (nSPS) is 12.1. The Hall–Kier alpha value is -4.19. The number of rotatable bonds is 2. The molecule has 3 heterocycles. The Bertz CT molecular complexity index is 1170. The predicted octanol–water partition coefficient (Wildman–Crippen LogP) is 3.98. The zero-order valence-electron chi connectivity index (χ0n) is 15.4. The summed E-state index contributed by atoms with van der Waals surface area (Å²) in [7, 11) is 0. The van der Waals surface area contributed by atoms with Gasteiger partial charge in [0.1, 0.15) is 0 Å². The highest BCUT2D eigenvalue weighted by molar-refractivity contribution is 6.05. The van der Waals surface area contributed by atoms with Gasteiger partial charge in [0, 0.05) is 35.6 Å². The van der Waals surface area contributed by atoms with Crippen molar-refractivity contribution in [1.82, 2.24) is 25.3 Å². The summed E-state index contributed by atoms with van der Waals surface area (Å²) in [5.74, 6) is -0.167. The second-order valence-electron chi connectivity index (χ2n) is 6.10. The van der Waals surface area contributed by atoms with Crippen LogP contribution < -0.4 is 5.32 Å². The fourth-order valence-electron chi connectivity index (χ4n) is 2.67. The number of aromatic nitrogens is 4. The van der Waals surface area contributed by atoms with Crippen LogP contribution in [-0.2, 0) is 0 Å². The molecule has 2 aromatic heterocycles. The second kappa shape index (κ2) is 8.67. The maximum absolute atomic E-state index is 12.5. The van der Waals surface area contributed by atoms with Crippen molar-refractivity contribution in [3.8, 4) is 0 Å². The lowest BCUT2D eigenvalue weighted by Gasteiger charge is -2.02. The second-order valence-corrected chi connectivity index (χ2v) is 6.10. The summed E-state index contributed by atoms with van der Waals surface area (Å²) in [6, 6.07) is 15.0. The summed E-state index contributed by atoms with van der Waals surface area (Å²) in [5.41, 5.74) is 1.45. The number of carbonyl (C=O) groups is 1. The van der Waals surface area contributed by atoms with Crippen molar-refractivity contribution < 1.29 is 4.79 Å². The molecule has 0 atom stereocenters. The highest BCUT2D eigenvalue weighted by atomic mass is 16.1. The minimum absolute atomic E-state index is 0.106. The zero-order chi connectivity index (χ0) is 19.9. The first-order valence-electron chi connectivity index (χ1n) is 9.04. The molecule has 0 fully saturated rings. The number of hydrogen-bond donors (Lipinski definition) is 1. The number of nitrogens with one attached hydrogen (secondary N) is 1. The Morgan fingerprint density at radius 1 is 0.655 bits per heavy atom. The zero-order valence-corrected chi connectivity index (χ0v) is 15.4. The van der Waals surface area contributed by atoms with Crippen molar-refractivity contribution >= 4 is 27.6 Å². The molecule has 4 aromatic rings. The van der Waals surface area contributed by atoms with Gasteiger partial charge in [-0.15, -0.1) is 0 Å². The first-order valence-corrected chi connectivity index (χ1v) is 9.04. The lowest BCUT2D eigenvalue weighted by Crippen LogP contribution is -2.11. The molecule has 1 N–H and O–H groups in total. The van der Waals surface area contributed by atoms with E-state index in [0.717, 1.165) is 21.8 Å². The van der Waals surface area contributed by atoms with E-state index >= 15 is 0 Å². The number of carbonyl (C=O) groups excluding carboxylic acids is 1. The van der Waals surface area contributed by atoms with Gasteiger partial charge < -0.3 is 5.32 Å². The number of allylic oxidation sites excluding steroid dienone is 4. The smallest absolute Gasteiger partial charge is 0.267 e. The molecule has 0 unspecified atom stereocenters. The van der Waals surface area contributed by atoms with Gasteiger partial charge >= 0.3 is 0 Å². The van der Waals surface area contributed by atoms with Crippen LogP contribution in [0.3, 0.4) is 0 Å². The monoisotopic (exact) mass is 379 g/mol. The molecule has 6 heteroatoms. The van der Waals surface area contributed by atoms with Crippen molar-refractivity contribution in [1.29, 1.82) is 0 Å². The van der Waals surface area contributed by atoms with Crippen molar-refractivity contribution in [2.24, 2.45) is 0 Å². The highest BCUT2D eigenvalue weighted by Gasteiger charge is 2.16. The lowest BCUT2D eigenvalue weighted by molar-refractivity contribution is 0.102. The van der Waals surface area contributed by atoms with Crippen molar-refractivity contribution in [3.63, 3.8) is 0 Å². The van der Waals surface area contributed by atoms with Crippen LogP contribution in [0.15, 0.2) is 97.6 Å². The number of para-hydroxylation sites is 2. The maximum atomic E-state index is 12.5. The predicted molar refractivity (Wildman–Crippen MR) is 113 cm³/mol. The molecule has 2 aromatic carbocycles. The lowest BCUT2D eigenvalue weighted by atomic mass is 10.2. The summed E-state index contributed by atoms with van der Waals surface area (Å²) in [4.78, 5) is 29.3. The molecule has 140 valence electrons. The number of hydrogen-bond acceptors (Lipinski definition) is 6. The first-order chi connectivity index (χ1) is 14.3. The maximum Gasteiger partial charge on any atom is 0.267 e. The van der Waals surface area contributed by atoms with Gasteiger partial charge in [-0.05, 0) is 24.3 Å².